The Bertz CT molecular complexity index is 320. The maximum atomic E-state index is 6.00. The molecule has 2 N–H and O–H groups in total. The van der Waals surface area contributed by atoms with Crippen molar-refractivity contribution in [1.29, 1.82) is 0 Å². The lowest BCUT2D eigenvalue weighted by Crippen LogP contribution is -2.45. The lowest BCUT2D eigenvalue weighted by molar-refractivity contribution is 0.155. The smallest absolute Gasteiger partial charge is 0.0945 e. The van der Waals surface area contributed by atoms with E-state index in [2.05, 4.69) is 21.4 Å². The van der Waals surface area contributed by atoms with E-state index in [1.165, 1.54) is 5.69 Å². The number of aryl methyl sites for hydroxylation is 1. The summed E-state index contributed by atoms with van der Waals surface area (Å²) in [6.07, 6.45) is 4.91. The SMILES string of the molecule is CC1CN(Cc2cncn2C)CCC1N. The van der Waals surface area contributed by atoms with Crippen molar-refractivity contribution in [2.45, 2.75) is 25.9 Å². The molecule has 0 radical (unpaired) electrons. The Kier molecular flexibility index (Phi) is 3.07. The fourth-order valence-corrected chi connectivity index (χ4v) is 2.16. The molecule has 2 heterocycles. The number of aromatic nitrogens is 2. The molecule has 0 aromatic carbocycles. The van der Waals surface area contributed by atoms with Crippen molar-refractivity contribution in [2.24, 2.45) is 18.7 Å². The van der Waals surface area contributed by atoms with E-state index in [0.29, 0.717) is 12.0 Å². The number of piperidine rings is 1. The van der Waals surface area contributed by atoms with Crippen molar-refractivity contribution in [2.75, 3.05) is 13.1 Å². The third-order valence-electron chi connectivity index (χ3n) is 3.36. The van der Waals surface area contributed by atoms with E-state index in [1.807, 2.05) is 19.6 Å². The molecule has 1 aromatic heterocycles. The minimum absolute atomic E-state index is 0.382. The van der Waals surface area contributed by atoms with Crippen molar-refractivity contribution in [3.8, 4) is 0 Å². The second kappa shape index (κ2) is 4.33. The van der Waals surface area contributed by atoms with Gasteiger partial charge in [-0.2, -0.15) is 0 Å². The molecular formula is C11H20N4. The van der Waals surface area contributed by atoms with Crippen LogP contribution in [0.4, 0.5) is 0 Å². The molecule has 1 aliphatic rings. The first-order chi connectivity index (χ1) is 7.16. The van der Waals surface area contributed by atoms with E-state index in [4.69, 9.17) is 5.73 Å². The maximum Gasteiger partial charge on any atom is 0.0945 e. The van der Waals surface area contributed by atoms with Crippen LogP contribution >= 0.6 is 0 Å². The Morgan fingerprint density at radius 2 is 2.40 bits per heavy atom. The zero-order valence-electron chi connectivity index (χ0n) is 9.56. The molecule has 0 bridgehead atoms. The highest BCUT2D eigenvalue weighted by Crippen LogP contribution is 2.16. The minimum Gasteiger partial charge on any atom is -0.337 e. The molecule has 2 atom stereocenters. The molecular weight excluding hydrogens is 188 g/mol. The van der Waals surface area contributed by atoms with Gasteiger partial charge in [0, 0.05) is 38.9 Å². The van der Waals surface area contributed by atoms with Crippen LogP contribution in [-0.2, 0) is 13.6 Å². The van der Waals surface area contributed by atoms with Gasteiger partial charge in [-0.1, -0.05) is 6.92 Å². The molecule has 84 valence electrons. The van der Waals surface area contributed by atoms with Gasteiger partial charge in [-0.3, -0.25) is 4.90 Å². The molecule has 1 saturated heterocycles. The maximum absolute atomic E-state index is 6.00. The minimum atomic E-state index is 0.382. The second-order valence-corrected chi connectivity index (χ2v) is 4.66. The number of rotatable bonds is 2. The van der Waals surface area contributed by atoms with E-state index < -0.39 is 0 Å². The Hall–Kier alpha value is -0.870. The molecule has 2 rings (SSSR count). The second-order valence-electron chi connectivity index (χ2n) is 4.66. The summed E-state index contributed by atoms with van der Waals surface area (Å²) in [5.41, 5.74) is 7.28. The van der Waals surface area contributed by atoms with Crippen molar-refractivity contribution in [1.82, 2.24) is 14.5 Å². The van der Waals surface area contributed by atoms with E-state index in [-0.39, 0.29) is 0 Å². The Morgan fingerprint density at radius 3 is 3.00 bits per heavy atom. The molecule has 0 saturated carbocycles. The highest BCUT2D eigenvalue weighted by molar-refractivity contribution is 4.98. The lowest BCUT2D eigenvalue weighted by atomic mass is 9.95. The fraction of sp³-hybridized carbons (Fsp3) is 0.727. The summed E-state index contributed by atoms with van der Waals surface area (Å²) in [7, 11) is 2.04. The summed E-state index contributed by atoms with van der Waals surface area (Å²) in [5, 5.41) is 0. The van der Waals surface area contributed by atoms with Crippen LogP contribution in [0.2, 0.25) is 0 Å². The predicted molar refractivity (Wildman–Crippen MR) is 60.2 cm³/mol. The molecule has 4 nitrogen and oxygen atoms in total. The summed E-state index contributed by atoms with van der Waals surface area (Å²) in [5.74, 6) is 0.604. The Labute approximate surface area is 91.1 Å². The topological polar surface area (TPSA) is 47.1 Å². The third-order valence-corrected chi connectivity index (χ3v) is 3.36. The van der Waals surface area contributed by atoms with Gasteiger partial charge in [-0.15, -0.1) is 0 Å². The quantitative estimate of drug-likeness (QED) is 0.774. The first-order valence-electron chi connectivity index (χ1n) is 5.60. The van der Waals surface area contributed by atoms with Crippen LogP contribution in [0.3, 0.4) is 0 Å². The van der Waals surface area contributed by atoms with Crippen LogP contribution in [-0.4, -0.2) is 33.6 Å². The van der Waals surface area contributed by atoms with Crippen LogP contribution in [0.1, 0.15) is 19.0 Å². The van der Waals surface area contributed by atoms with Crippen LogP contribution < -0.4 is 5.73 Å². The number of hydrogen-bond donors (Lipinski definition) is 1. The highest BCUT2D eigenvalue weighted by atomic mass is 15.2. The molecule has 2 unspecified atom stereocenters. The number of nitrogens with zero attached hydrogens (tertiary/aromatic N) is 3. The van der Waals surface area contributed by atoms with E-state index in [0.717, 1.165) is 26.1 Å². The lowest BCUT2D eigenvalue weighted by Gasteiger charge is -2.34. The van der Waals surface area contributed by atoms with Crippen LogP contribution in [0, 0.1) is 5.92 Å². The fourth-order valence-electron chi connectivity index (χ4n) is 2.16. The van der Waals surface area contributed by atoms with Gasteiger partial charge in [0.15, 0.2) is 0 Å². The molecule has 0 amide bonds. The van der Waals surface area contributed by atoms with Crippen molar-refractivity contribution in [3.63, 3.8) is 0 Å². The van der Waals surface area contributed by atoms with Crippen LogP contribution in [0.15, 0.2) is 12.5 Å². The standard InChI is InChI=1S/C11H20N4/c1-9-6-15(4-3-11(9)12)7-10-5-13-8-14(10)2/h5,8-9,11H,3-4,6-7,12H2,1-2H3. The predicted octanol–water partition coefficient (Wildman–Crippen LogP) is 0.589. The molecule has 1 aromatic rings. The first-order valence-corrected chi connectivity index (χ1v) is 5.60. The zero-order chi connectivity index (χ0) is 10.8. The summed E-state index contributed by atoms with van der Waals surface area (Å²) >= 11 is 0. The summed E-state index contributed by atoms with van der Waals surface area (Å²) in [6, 6.07) is 0.382. The first kappa shape index (κ1) is 10.6. The van der Waals surface area contributed by atoms with Gasteiger partial charge in [0.1, 0.15) is 0 Å². The molecule has 4 heteroatoms. The molecule has 1 aliphatic heterocycles. The van der Waals surface area contributed by atoms with Crippen molar-refractivity contribution in [3.05, 3.63) is 18.2 Å². The summed E-state index contributed by atoms with van der Waals surface area (Å²) in [4.78, 5) is 6.60. The van der Waals surface area contributed by atoms with Crippen molar-refractivity contribution >= 4 is 0 Å². The number of nitrogens with two attached hydrogens (primary N) is 1. The number of hydrogen-bond acceptors (Lipinski definition) is 3. The average molecular weight is 208 g/mol. The monoisotopic (exact) mass is 208 g/mol. The highest BCUT2D eigenvalue weighted by Gasteiger charge is 2.23. The molecule has 0 spiro atoms. The summed E-state index contributed by atoms with van der Waals surface area (Å²) < 4.78 is 2.08. The van der Waals surface area contributed by atoms with E-state index >= 15 is 0 Å². The van der Waals surface area contributed by atoms with Gasteiger partial charge in [0.25, 0.3) is 0 Å². The van der Waals surface area contributed by atoms with Gasteiger partial charge >= 0.3 is 0 Å². The zero-order valence-corrected chi connectivity index (χ0v) is 9.56. The summed E-state index contributed by atoms with van der Waals surface area (Å²) in [6.45, 7) is 5.44. The van der Waals surface area contributed by atoms with Crippen molar-refractivity contribution < 1.29 is 0 Å². The normalized spacial score (nSPS) is 28.2. The molecule has 0 aliphatic carbocycles. The number of likely N-dealkylation sites (tertiary alicyclic amines) is 1. The number of imidazole rings is 1. The van der Waals surface area contributed by atoms with E-state index in [1.54, 1.807) is 0 Å². The third kappa shape index (κ3) is 2.38. The largest absolute Gasteiger partial charge is 0.337 e. The molecule has 15 heavy (non-hydrogen) atoms. The Balaban J connectivity index is 1.94. The van der Waals surface area contributed by atoms with Crippen LogP contribution in [0.5, 0.6) is 0 Å². The van der Waals surface area contributed by atoms with Gasteiger partial charge < -0.3 is 10.3 Å². The van der Waals surface area contributed by atoms with E-state index in [9.17, 15) is 0 Å². The average Bonchev–Trinajstić information content (AvgIpc) is 2.59. The molecule has 1 fully saturated rings. The van der Waals surface area contributed by atoms with Gasteiger partial charge in [-0.05, 0) is 12.3 Å². The van der Waals surface area contributed by atoms with Crippen LogP contribution in [0.25, 0.3) is 0 Å². The van der Waals surface area contributed by atoms with Gasteiger partial charge in [0.05, 0.1) is 12.0 Å². The Morgan fingerprint density at radius 1 is 1.60 bits per heavy atom. The van der Waals surface area contributed by atoms with Gasteiger partial charge in [0.2, 0.25) is 0 Å². The van der Waals surface area contributed by atoms with Gasteiger partial charge in [-0.25, -0.2) is 4.98 Å².